The number of aromatic nitrogens is 2. The molecule has 1 N–H and O–H groups in total. The molecule has 3 heterocycles. The van der Waals surface area contributed by atoms with Gasteiger partial charge in [0, 0.05) is 10.8 Å². The smallest absolute Gasteiger partial charge is 0.265 e. The van der Waals surface area contributed by atoms with Crippen molar-refractivity contribution in [1.82, 2.24) is 10.1 Å². The molecule has 0 bridgehead atoms. The third-order valence-electron chi connectivity index (χ3n) is 5.42. The molecule has 0 saturated heterocycles. The maximum Gasteiger partial charge on any atom is 0.265 e. The van der Waals surface area contributed by atoms with Gasteiger partial charge in [0.15, 0.2) is 6.61 Å². The number of hydrogen-bond donors (Lipinski definition) is 1. The van der Waals surface area contributed by atoms with Gasteiger partial charge < -0.3 is 14.6 Å². The van der Waals surface area contributed by atoms with Crippen molar-refractivity contribution in [3.05, 3.63) is 41.1 Å². The largest absolute Gasteiger partial charge is 0.482 e. The van der Waals surface area contributed by atoms with Crippen LogP contribution >= 0.6 is 11.3 Å². The van der Waals surface area contributed by atoms with Crippen molar-refractivity contribution in [2.45, 2.75) is 32.1 Å². The van der Waals surface area contributed by atoms with Crippen LogP contribution in [0.3, 0.4) is 0 Å². The van der Waals surface area contributed by atoms with Gasteiger partial charge in [-0.05, 0) is 38.0 Å². The van der Waals surface area contributed by atoms with E-state index in [1.165, 1.54) is 22.7 Å². The number of amides is 2. The Kier molecular flexibility index (Phi) is 4.74. The number of benzene rings is 1. The lowest BCUT2D eigenvalue weighted by Gasteiger charge is -2.28. The van der Waals surface area contributed by atoms with E-state index in [2.05, 4.69) is 15.5 Å². The number of carbonyl (C=O) groups is 2. The molecule has 2 aliphatic rings. The average Bonchev–Trinajstić information content (AvgIpc) is 3.30. The molecule has 154 valence electrons. The molecule has 1 aliphatic heterocycles. The Hall–Kier alpha value is -3.20. The zero-order chi connectivity index (χ0) is 20.7. The average molecular weight is 424 g/mol. The maximum absolute atomic E-state index is 12.7. The number of carbonyl (C=O) groups excluding carboxylic acids is 2. The molecule has 0 spiro atoms. The summed E-state index contributed by atoms with van der Waals surface area (Å²) in [5.74, 6) is 1.68. The second kappa shape index (κ2) is 7.56. The Balaban J connectivity index is 1.30. The van der Waals surface area contributed by atoms with E-state index in [1.807, 2.05) is 25.1 Å². The molecular formula is C21H20N4O4S. The van der Waals surface area contributed by atoms with Gasteiger partial charge in [0.25, 0.3) is 5.91 Å². The van der Waals surface area contributed by atoms with E-state index in [4.69, 9.17) is 9.26 Å². The summed E-state index contributed by atoms with van der Waals surface area (Å²) in [5, 5.41) is 7.00. The first-order valence-corrected chi connectivity index (χ1v) is 10.7. The van der Waals surface area contributed by atoms with E-state index in [9.17, 15) is 9.59 Å². The summed E-state index contributed by atoms with van der Waals surface area (Å²) in [7, 11) is 0. The van der Waals surface area contributed by atoms with Crippen molar-refractivity contribution in [3.63, 3.8) is 0 Å². The van der Waals surface area contributed by atoms with E-state index in [-0.39, 0.29) is 25.0 Å². The van der Waals surface area contributed by atoms with Crippen LogP contribution in [0, 0.1) is 6.92 Å². The fraction of sp³-hybridized carbons (Fsp3) is 0.333. The Bertz CT molecular complexity index is 1120. The lowest BCUT2D eigenvalue weighted by Crippen LogP contribution is -2.43. The lowest BCUT2D eigenvalue weighted by molar-refractivity contribution is -0.123. The van der Waals surface area contributed by atoms with Crippen LogP contribution in [0.1, 0.15) is 35.9 Å². The standard InChI is InChI=1S/C21H20N4O4S/c1-12-14(9-17(30-12)20-23-21(29-24-20)13-5-4-6-13)22-18(26)10-25-15-7-2-3-8-16(15)28-11-19(25)27/h2-3,7-9,13H,4-6,10-11H2,1H3,(H,22,26). The third kappa shape index (κ3) is 3.45. The van der Waals surface area contributed by atoms with Gasteiger partial charge in [0.2, 0.25) is 17.6 Å². The minimum absolute atomic E-state index is 0.0763. The Morgan fingerprint density at radius 3 is 2.97 bits per heavy atom. The highest BCUT2D eigenvalue weighted by molar-refractivity contribution is 7.16. The molecule has 3 aromatic rings. The van der Waals surface area contributed by atoms with Crippen molar-refractivity contribution < 1.29 is 18.8 Å². The van der Waals surface area contributed by atoms with Crippen LogP contribution in [-0.4, -0.2) is 35.1 Å². The minimum atomic E-state index is -0.282. The van der Waals surface area contributed by atoms with Gasteiger partial charge in [-0.25, -0.2) is 0 Å². The van der Waals surface area contributed by atoms with Crippen LogP contribution in [0.4, 0.5) is 11.4 Å². The Labute approximate surface area is 176 Å². The number of fused-ring (bicyclic) bond motifs is 1. The van der Waals surface area contributed by atoms with Crippen molar-refractivity contribution in [2.75, 3.05) is 23.4 Å². The predicted octanol–water partition coefficient (Wildman–Crippen LogP) is 3.74. The minimum Gasteiger partial charge on any atom is -0.482 e. The molecule has 2 aromatic heterocycles. The van der Waals surface area contributed by atoms with Gasteiger partial charge >= 0.3 is 0 Å². The number of ether oxygens (including phenoxy) is 1. The van der Waals surface area contributed by atoms with Gasteiger partial charge in [-0.15, -0.1) is 11.3 Å². The number of para-hydroxylation sites is 2. The SMILES string of the molecule is Cc1sc(-c2noc(C3CCC3)n2)cc1NC(=O)CN1C(=O)COc2ccccc21. The summed E-state index contributed by atoms with van der Waals surface area (Å²) < 4.78 is 10.8. The van der Waals surface area contributed by atoms with Crippen molar-refractivity contribution in [1.29, 1.82) is 0 Å². The zero-order valence-corrected chi connectivity index (χ0v) is 17.2. The van der Waals surface area contributed by atoms with Crippen LogP contribution in [0.2, 0.25) is 0 Å². The molecule has 2 amide bonds. The monoisotopic (exact) mass is 424 g/mol. The lowest BCUT2D eigenvalue weighted by atomic mass is 9.85. The first kappa shape index (κ1) is 18.8. The van der Waals surface area contributed by atoms with E-state index < -0.39 is 0 Å². The van der Waals surface area contributed by atoms with E-state index in [1.54, 1.807) is 12.1 Å². The number of rotatable bonds is 5. The number of thiophene rings is 1. The summed E-state index contributed by atoms with van der Waals surface area (Å²) in [6.07, 6.45) is 3.39. The topological polar surface area (TPSA) is 97.6 Å². The summed E-state index contributed by atoms with van der Waals surface area (Å²) in [6.45, 7) is 1.76. The van der Waals surface area contributed by atoms with Crippen molar-refractivity contribution in [3.8, 4) is 16.5 Å². The first-order valence-electron chi connectivity index (χ1n) is 9.85. The molecule has 0 atom stereocenters. The highest BCUT2D eigenvalue weighted by Crippen LogP contribution is 2.38. The quantitative estimate of drug-likeness (QED) is 0.670. The molecular weight excluding hydrogens is 404 g/mol. The number of anilines is 2. The Morgan fingerprint density at radius 1 is 1.33 bits per heavy atom. The van der Waals surface area contributed by atoms with Crippen LogP contribution in [0.15, 0.2) is 34.9 Å². The zero-order valence-electron chi connectivity index (χ0n) is 16.4. The van der Waals surface area contributed by atoms with E-state index >= 15 is 0 Å². The van der Waals surface area contributed by atoms with Crippen LogP contribution in [0.25, 0.3) is 10.7 Å². The second-order valence-corrected chi connectivity index (χ2v) is 8.71. The highest BCUT2D eigenvalue weighted by atomic mass is 32.1. The molecule has 1 aliphatic carbocycles. The first-order chi connectivity index (χ1) is 14.6. The van der Waals surface area contributed by atoms with Crippen LogP contribution in [-0.2, 0) is 9.59 Å². The van der Waals surface area contributed by atoms with E-state index in [0.29, 0.717) is 34.8 Å². The van der Waals surface area contributed by atoms with E-state index in [0.717, 1.165) is 22.6 Å². The molecule has 30 heavy (non-hydrogen) atoms. The number of hydrogen-bond acceptors (Lipinski definition) is 7. The summed E-state index contributed by atoms with van der Waals surface area (Å²) >= 11 is 1.50. The molecule has 1 aromatic carbocycles. The number of nitrogens with one attached hydrogen (secondary N) is 1. The maximum atomic E-state index is 12.7. The highest BCUT2D eigenvalue weighted by Gasteiger charge is 2.28. The van der Waals surface area contributed by atoms with Gasteiger partial charge in [0.1, 0.15) is 12.3 Å². The molecule has 5 rings (SSSR count). The summed E-state index contributed by atoms with van der Waals surface area (Å²) in [6, 6.07) is 9.04. The molecule has 1 fully saturated rings. The molecule has 1 saturated carbocycles. The molecule has 0 radical (unpaired) electrons. The summed E-state index contributed by atoms with van der Waals surface area (Å²) in [4.78, 5) is 32.7. The third-order valence-corrected chi connectivity index (χ3v) is 6.46. The fourth-order valence-electron chi connectivity index (χ4n) is 3.53. The normalized spacial score (nSPS) is 16.0. The Morgan fingerprint density at radius 2 is 2.17 bits per heavy atom. The van der Waals surface area contributed by atoms with Gasteiger partial charge in [-0.3, -0.25) is 14.5 Å². The number of nitrogens with zero attached hydrogens (tertiary/aromatic N) is 3. The van der Waals surface area contributed by atoms with Gasteiger partial charge in [-0.2, -0.15) is 4.98 Å². The van der Waals surface area contributed by atoms with Gasteiger partial charge in [-0.1, -0.05) is 23.7 Å². The molecule has 0 unspecified atom stereocenters. The predicted molar refractivity (Wildman–Crippen MR) is 112 cm³/mol. The molecule has 9 heteroatoms. The number of aryl methyl sites for hydroxylation is 1. The second-order valence-electron chi connectivity index (χ2n) is 7.45. The molecule has 8 nitrogen and oxygen atoms in total. The van der Waals surface area contributed by atoms with Crippen LogP contribution in [0.5, 0.6) is 5.75 Å². The van der Waals surface area contributed by atoms with Crippen molar-refractivity contribution >= 4 is 34.5 Å². The van der Waals surface area contributed by atoms with Crippen LogP contribution < -0.4 is 15.0 Å². The fourth-order valence-corrected chi connectivity index (χ4v) is 4.43. The van der Waals surface area contributed by atoms with Gasteiger partial charge in [0.05, 0.1) is 16.3 Å². The summed E-state index contributed by atoms with van der Waals surface area (Å²) in [5.41, 5.74) is 1.28. The van der Waals surface area contributed by atoms with Crippen molar-refractivity contribution in [2.24, 2.45) is 0 Å².